The van der Waals surface area contributed by atoms with Crippen molar-refractivity contribution in [1.82, 2.24) is 4.98 Å². The van der Waals surface area contributed by atoms with Crippen molar-refractivity contribution in [2.45, 2.75) is 0 Å². The molecule has 72 valence electrons. The van der Waals surface area contributed by atoms with Gasteiger partial charge in [-0.2, -0.15) is 0 Å². The van der Waals surface area contributed by atoms with Crippen LogP contribution in [0.5, 0.6) is 0 Å². The van der Waals surface area contributed by atoms with Crippen LogP contribution >= 0.6 is 11.3 Å². The van der Waals surface area contributed by atoms with E-state index in [-0.39, 0.29) is 0 Å². The molecule has 0 aliphatic heterocycles. The van der Waals surface area contributed by atoms with Gasteiger partial charge in [0.05, 0.1) is 6.20 Å². The number of halogens is 2. The Morgan fingerprint density at radius 1 is 1.21 bits per heavy atom. The first kappa shape index (κ1) is 9.08. The largest absolute Gasteiger partial charge is 0.389 e. The minimum Gasteiger partial charge on any atom is -0.389 e. The van der Waals surface area contributed by atoms with E-state index in [1.807, 2.05) is 0 Å². The first-order chi connectivity index (χ1) is 6.66. The van der Waals surface area contributed by atoms with Gasteiger partial charge >= 0.3 is 0 Å². The molecule has 1 aromatic heterocycles. The second-order valence-corrected chi connectivity index (χ2v) is 3.76. The minimum atomic E-state index is -0.878. The van der Waals surface area contributed by atoms with E-state index in [0.29, 0.717) is 15.6 Å². The van der Waals surface area contributed by atoms with E-state index in [2.05, 4.69) is 4.98 Å². The molecule has 0 aliphatic rings. The van der Waals surface area contributed by atoms with Crippen LogP contribution in [0.3, 0.4) is 0 Å². The highest BCUT2D eigenvalue weighted by atomic mass is 32.1. The zero-order chi connectivity index (χ0) is 10.1. The molecule has 0 saturated carbocycles. The van der Waals surface area contributed by atoms with E-state index in [1.165, 1.54) is 23.6 Å². The van der Waals surface area contributed by atoms with E-state index < -0.39 is 11.6 Å². The Hall–Kier alpha value is -1.49. The highest BCUT2D eigenvalue weighted by Gasteiger charge is 2.06. The summed E-state index contributed by atoms with van der Waals surface area (Å²) in [6.07, 6.45) is 1.49. The Kier molecular flexibility index (Phi) is 2.17. The second kappa shape index (κ2) is 3.34. The zero-order valence-corrected chi connectivity index (χ0v) is 7.81. The molecule has 0 fully saturated rings. The monoisotopic (exact) mass is 212 g/mol. The van der Waals surface area contributed by atoms with Crippen LogP contribution in [-0.4, -0.2) is 4.98 Å². The molecule has 2 rings (SSSR count). The maximum absolute atomic E-state index is 12.8. The Bertz CT molecular complexity index is 468. The van der Waals surface area contributed by atoms with E-state index in [9.17, 15) is 8.78 Å². The lowest BCUT2D eigenvalue weighted by atomic mass is 10.2. The summed E-state index contributed by atoms with van der Waals surface area (Å²) in [4.78, 5) is 3.96. The number of nitrogen functional groups attached to an aromatic ring is 1. The van der Waals surface area contributed by atoms with Crippen LogP contribution in [0.4, 0.5) is 13.8 Å². The van der Waals surface area contributed by atoms with Crippen molar-refractivity contribution in [2.75, 3.05) is 5.73 Å². The standard InChI is InChI=1S/C9H6F2N2S/c10-6-2-1-5(3-7(6)11)9-13-4-8(12)14-9/h1-4H,12H2. The third kappa shape index (κ3) is 1.58. The van der Waals surface area contributed by atoms with Gasteiger partial charge in [-0.3, -0.25) is 0 Å². The number of hydrogen-bond donors (Lipinski definition) is 1. The van der Waals surface area contributed by atoms with Gasteiger partial charge in [-0.15, -0.1) is 0 Å². The van der Waals surface area contributed by atoms with Crippen molar-refractivity contribution >= 4 is 16.3 Å². The summed E-state index contributed by atoms with van der Waals surface area (Å²) < 4.78 is 25.4. The molecule has 2 nitrogen and oxygen atoms in total. The zero-order valence-electron chi connectivity index (χ0n) is 7.00. The number of thiazole rings is 1. The normalized spacial score (nSPS) is 10.4. The van der Waals surface area contributed by atoms with Crippen LogP contribution in [0, 0.1) is 11.6 Å². The topological polar surface area (TPSA) is 38.9 Å². The predicted molar refractivity (Wildman–Crippen MR) is 51.9 cm³/mol. The van der Waals surface area contributed by atoms with Crippen LogP contribution in [-0.2, 0) is 0 Å². The van der Waals surface area contributed by atoms with Gasteiger partial charge in [0.2, 0.25) is 0 Å². The molecule has 0 unspecified atom stereocenters. The summed E-state index contributed by atoms with van der Waals surface area (Å²) in [5.74, 6) is -1.74. The van der Waals surface area contributed by atoms with E-state index in [1.54, 1.807) is 0 Å². The number of benzene rings is 1. The van der Waals surface area contributed by atoms with Crippen LogP contribution in [0.15, 0.2) is 24.4 Å². The lowest BCUT2D eigenvalue weighted by molar-refractivity contribution is 0.509. The van der Waals surface area contributed by atoms with Gasteiger partial charge in [-0.1, -0.05) is 11.3 Å². The van der Waals surface area contributed by atoms with Crippen molar-refractivity contribution in [1.29, 1.82) is 0 Å². The molecule has 0 amide bonds. The average molecular weight is 212 g/mol. The van der Waals surface area contributed by atoms with Gasteiger partial charge in [0.1, 0.15) is 10.0 Å². The van der Waals surface area contributed by atoms with Crippen molar-refractivity contribution in [3.8, 4) is 10.6 Å². The molecule has 0 atom stereocenters. The molecule has 0 bridgehead atoms. The number of anilines is 1. The molecule has 0 aliphatic carbocycles. The molecule has 0 radical (unpaired) electrons. The van der Waals surface area contributed by atoms with E-state index in [4.69, 9.17) is 5.73 Å². The lowest BCUT2D eigenvalue weighted by Crippen LogP contribution is -1.84. The van der Waals surface area contributed by atoms with E-state index in [0.717, 1.165) is 12.1 Å². The van der Waals surface area contributed by atoms with Gasteiger partial charge in [0, 0.05) is 5.56 Å². The van der Waals surface area contributed by atoms with Crippen molar-refractivity contribution < 1.29 is 8.78 Å². The van der Waals surface area contributed by atoms with Crippen LogP contribution < -0.4 is 5.73 Å². The Morgan fingerprint density at radius 2 is 2.00 bits per heavy atom. The highest BCUT2D eigenvalue weighted by Crippen LogP contribution is 2.27. The molecule has 0 spiro atoms. The molecule has 1 heterocycles. The number of rotatable bonds is 1. The van der Waals surface area contributed by atoms with Gasteiger partial charge in [-0.25, -0.2) is 13.8 Å². The summed E-state index contributed by atoms with van der Waals surface area (Å²) in [5, 5.41) is 1.13. The average Bonchev–Trinajstić information content (AvgIpc) is 2.57. The molecular weight excluding hydrogens is 206 g/mol. The first-order valence-electron chi connectivity index (χ1n) is 3.83. The van der Waals surface area contributed by atoms with Crippen molar-refractivity contribution in [2.24, 2.45) is 0 Å². The maximum atomic E-state index is 12.8. The van der Waals surface area contributed by atoms with Crippen LogP contribution in [0.25, 0.3) is 10.6 Å². The fraction of sp³-hybridized carbons (Fsp3) is 0. The fourth-order valence-electron chi connectivity index (χ4n) is 1.05. The maximum Gasteiger partial charge on any atom is 0.159 e. The highest BCUT2D eigenvalue weighted by molar-refractivity contribution is 7.18. The van der Waals surface area contributed by atoms with Gasteiger partial charge in [-0.05, 0) is 18.2 Å². The SMILES string of the molecule is Nc1cnc(-c2ccc(F)c(F)c2)s1. The molecule has 5 heteroatoms. The minimum absolute atomic E-state index is 0.533. The molecule has 14 heavy (non-hydrogen) atoms. The predicted octanol–water partition coefficient (Wildman–Crippen LogP) is 2.67. The molecular formula is C9H6F2N2S. The Morgan fingerprint density at radius 3 is 2.57 bits per heavy atom. The summed E-state index contributed by atoms with van der Waals surface area (Å²) in [6, 6.07) is 3.65. The third-order valence-electron chi connectivity index (χ3n) is 1.69. The fourth-order valence-corrected chi connectivity index (χ4v) is 1.73. The Balaban J connectivity index is 2.47. The van der Waals surface area contributed by atoms with Crippen LogP contribution in [0.1, 0.15) is 0 Å². The number of nitrogens with zero attached hydrogens (tertiary/aromatic N) is 1. The molecule has 2 aromatic rings. The van der Waals surface area contributed by atoms with Crippen molar-refractivity contribution in [3.63, 3.8) is 0 Å². The van der Waals surface area contributed by atoms with Crippen LogP contribution in [0.2, 0.25) is 0 Å². The molecule has 1 aromatic carbocycles. The van der Waals surface area contributed by atoms with Gasteiger partial charge < -0.3 is 5.73 Å². The smallest absolute Gasteiger partial charge is 0.159 e. The molecule has 0 saturated heterocycles. The summed E-state index contributed by atoms with van der Waals surface area (Å²) >= 11 is 1.23. The van der Waals surface area contributed by atoms with Gasteiger partial charge in [0.15, 0.2) is 11.6 Å². The first-order valence-corrected chi connectivity index (χ1v) is 4.65. The van der Waals surface area contributed by atoms with Gasteiger partial charge in [0.25, 0.3) is 0 Å². The van der Waals surface area contributed by atoms with Crippen molar-refractivity contribution in [3.05, 3.63) is 36.0 Å². The molecule has 2 N–H and O–H groups in total. The third-order valence-corrected chi connectivity index (χ3v) is 2.57. The summed E-state index contributed by atoms with van der Waals surface area (Å²) in [7, 11) is 0. The number of nitrogens with two attached hydrogens (primary N) is 1. The summed E-state index contributed by atoms with van der Waals surface area (Å²) in [5.41, 5.74) is 6.01. The quantitative estimate of drug-likeness (QED) is 0.789. The number of aromatic nitrogens is 1. The summed E-state index contributed by atoms with van der Waals surface area (Å²) in [6.45, 7) is 0. The second-order valence-electron chi connectivity index (χ2n) is 2.70. The number of hydrogen-bond acceptors (Lipinski definition) is 3. The van der Waals surface area contributed by atoms with E-state index >= 15 is 0 Å². The Labute approximate surface area is 83.0 Å². The lowest BCUT2D eigenvalue weighted by Gasteiger charge is -1.96.